The Morgan fingerprint density at radius 2 is 2.43 bits per heavy atom. The van der Waals surface area contributed by atoms with Crippen LogP contribution >= 0.6 is 11.8 Å². The average molecular weight is 216 g/mol. The number of hydrogen-bond acceptors (Lipinski definition) is 5. The molecule has 0 atom stereocenters. The Kier molecular flexibility index (Phi) is 4.51. The molecule has 4 N–H and O–H groups in total. The molecule has 1 aromatic rings. The first-order valence-electron chi connectivity index (χ1n) is 4.06. The lowest BCUT2D eigenvalue weighted by atomic mass is 10.4. The minimum atomic E-state index is -0.441. The Morgan fingerprint density at radius 3 is 3.07 bits per heavy atom. The molecule has 0 unspecified atom stereocenters. The number of carbonyl (C=O) groups excluding carboxylic acids is 1. The minimum Gasteiger partial charge on any atom is -0.455 e. The lowest BCUT2D eigenvalue weighted by Gasteiger charge is -1.96. The Labute approximate surface area is 85.6 Å². The second-order valence-electron chi connectivity index (χ2n) is 2.52. The van der Waals surface area contributed by atoms with Gasteiger partial charge in [0.15, 0.2) is 5.76 Å². The first-order chi connectivity index (χ1) is 6.77. The van der Waals surface area contributed by atoms with E-state index >= 15 is 0 Å². The van der Waals surface area contributed by atoms with Crippen LogP contribution in [-0.4, -0.2) is 23.4 Å². The topological polar surface area (TPSA) is 88.5 Å². The molecule has 0 radical (unpaired) electrons. The van der Waals surface area contributed by atoms with E-state index in [0.29, 0.717) is 17.3 Å². The zero-order valence-corrected chi connectivity index (χ0v) is 8.34. The van der Waals surface area contributed by atoms with Crippen LogP contribution in [-0.2, 0) is 5.75 Å². The first kappa shape index (κ1) is 11.1. The highest BCUT2D eigenvalue weighted by atomic mass is 32.2. The van der Waals surface area contributed by atoms with Gasteiger partial charge in [0.2, 0.25) is 0 Å². The van der Waals surface area contributed by atoms with Crippen LogP contribution in [0.1, 0.15) is 16.3 Å². The van der Waals surface area contributed by atoms with Crippen LogP contribution in [0.5, 0.6) is 0 Å². The van der Waals surface area contributed by atoms with Crippen LogP contribution in [0.4, 0.5) is 0 Å². The zero-order chi connectivity index (χ0) is 10.4. The number of thioether (sulfide) groups is 1. The lowest BCUT2D eigenvalue weighted by molar-refractivity contribution is 0.0924. The van der Waals surface area contributed by atoms with Crippen molar-refractivity contribution in [2.45, 2.75) is 5.75 Å². The van der Waals surface area contributed by atoms with Gasteiger partial charge in [0.1, 0.15) is 5.76 Å². The highest BCUT2D eigenvalue weighted by Crippen LogP contribution is 2.14. The molecule has 14 heavy (non-hydrogen) atoms. The minimum absolute atomic E-state index is 0.140. The molecule has 0 fully saturated rings. The van der Waals surface area contributed by atoms with Gasteiger partial charge in [0.25, 0.3) is 0 Å². The summed E-state index contributed by atoms with van der Waals surface area (Å²) in [5.41, 5.74) is 1.98. The standard InChI is InChI=1S/C8H12N2O3S/c9-10-8(12)7-2-1-6(13-7)5-14-4-3-11/h1-2,11H,3-5,9H2,(H,10,12). The molecule has 0 saturated carbocycles. The van der Waals surface area contributed by atoms with Gasteiger partial charge >= 0.3 is 5.91 Å². The number of nitrogens with two attached hydrogens (primary N) is 1. The zero-order valence-electron chi connectivity index (χ0n) is 7.53. The van der Waals surface area contributed by atoms with Crippen LogP contribution in [0.25, 0.3) is 0 Å². The van der Waals surface area contributed by atoms with Crippen molar-refractivity contribution in [2.24, 2.45) is 5.84 Å². The molecular weight excluding hydrogens is 204 g/mol. The van der Waals surface area contributed by atoms with Crippen molar-refractivity contribution >= 4 is 17.7 Å². The number of amides is 1. The van der Waals surface area contributed by atoms with Crippen LogP contribution in [0.15, 0.2) is 16.5 Å². The molecule has 0 aliphatic rings. The number of hydrogen-bond donors (Lipinski definition) is 3. The van der Waals surface area contributed by atoms with Gasteiger partial charge in [-0.05, 0) is 12.1 Å². The largest absolute Gasteiger partial charge is 0.455 e. The highest BCUT2D eigenvalue weighted by molar-refractivity contribution is 7.98. The molecule has 0 aliphatic carbocycles. The Balaban J connectivity index is 2.46. The van der Waals surface area contributed by atoms with Crippen molar-refractivity contribution in [3.63, 3.8) is 0 Å². The van der Waals surface area contributed by atoms with Crippen LogP contribution < -0.4 is 11.3 Å². The molecule has 78 valence electrons. The molecule has 0 aliphatic heterocycles. The van der Waals surface area contributed by atoms with E-state index in [0.717, 1.165) is 0 Å². The molecule has 1 rings (SSSR count). The summed E-state index contributed by atoms with van der Waals surface area (Å²) in [7, 11) is 0. The molecule has 0 aromatic carbocycles. The van der Waals surface area contributed by atoms with Gasteiger partial charge in [-0.25, -0.2) is 5.84 Å². The van der Waals surface area contributed by atoms with Crippen molar-refractivity contribution < 1.29 is 14.3 Å². The molecule has 0 spiro atoms. The Hall–Kier alpha value is -0.980. The molecule has 1 amide bonds. The first-order valence-corrected chi connectivity index (χ1v) is 5.21. The quantitative estimate of drug-likeness (QED) is 0.281. The molecule has 1 heterocycles. The molecule has 5 nitrogen and oxygen atoms in total. The van der Waals surface area contributed by atoms with Gasteiger partial charge in [-0.1, -0.05) is 0 Å². The SMILES string of the molecule is NNC(=O)c1ccc(CSCCO)o1. The molecule has 1 aromatic heterocycles. The summed E-state index contributed by atoms with van der Waals surface area (Å²) in [6, 6.07) is 3.28. The molecule has 0 saturated heterocycles. The summed E-state index contributed by atoms with van der Waals surface area (Å²) >= 11 is 1.53. The van der Waals surface area contributed by atoms with E-state index in [4.69, 9.17) is 15.4 Å². The number of nitrogens with one attached hydrogen (secondary N) is 1. The number of hydrazine groups is 1. The number of aliphatic hydroxyl groups excluding tert-OH is 1. The summed E-state index contributed by atoms with van der Waals surface area (Å²) in [5, 5.41) is 8.54. The van der Waals surface area contributed by atoms with E-state index in [1.54, 1.807) is 12.1 Å². The van der Waals surface area contributed by atoms with Crippen molar-refractivity contribution in [2.75, 3.05) is 12.4 Å². The maximum Gasteiger partial charge on any atom is 0.300 e. The van der Waals surface area contributed by atoms with Gasteiger partial charge in [-0.15, -0.1) is 0 Å². The summed E-state index contributed by atoms with van der Waals surface area (Å²) in [6.45, 7) is 0.140. The monoisotopic (exact) mass is 216 g/mol. The van der Waals surface area contributed by atoms with Gasteiger partial charge in [0, 0.05) is 5.75 Å². The normalized spacial score (nSPS) is 10.1. The van der Waals surface area contributed by atoms with Gasteiger partial charge in [0.05, 0.1) is 12.4 Å². The van der Waals surface area contributed by atoms with E-state index in [9.17, 15) is 4.79 Å². The van der Waals surface area contributed by atoms with Gasteiger partial charge in [-0.3, -0.25) is 10.2 Å². The predicted molar refractivity (Wildman–Crippen MR) is 53.6 cm³/mol. The van der Waals surface area contributed by atoms with Crippen LogP contribution in [0.3, 0.4) is 0 Å². The maximum atomic E-state index is 11.0. The number of rotatable bonds is 5. The van der Waals surface area contributed by atoms with Crippen molar-refractivity contribution in [1.29, 1.82) is 0 Å². The van der Waals surface area contributed by atoms with E-state index in [2.05, 4.69) is 0 Å². The van der Waals surface area contributed by atoms with E-state index in [-0.39, 0.29) is 12.4 Å². The highest BCUT2D eigenvalue weighted by Gasteiger charge is 2.08. The van der Waals surface area contributed by atoms with Gasteiger partial charge in [-0.2, -0.15) is 11.8 Å². The molecule has 0 bridgehead atoms. The fourth-order valence-electron chi connectivity index (χ4n) is 0.886. The van der Waals surface area contributed by atoms with E-state index < -0.39 is 5.91 Å². The maximum absolute atomic E-state index is 11.0. The molecular formula is C8H12N2O3S. The number of carbonyl (C=O) groups is 1. The second kappa shape index (κ2) is 5.69. The van der Waals surface area contributed by atoms with Crippen molar-refractivity contribution in [3.05, 3.63) is 23.7 Å². The van der Waals surface area contributed by atoms with Crippen molar-refractivity contribution in [3.8, 4) is 0 Å². The Morgan fingerprint density at radius 1 is 1.64 bits per heavy atom. The summed E-state index contributed by atoms with van der Waals surface area (Å²) < 4.78 is 5.19. The van der Waals surface area contributed by atoms with Crippen LogP contribution in [0.2, 0.25) is 0 Å². The third-order valence-corrected chi connectivity index (χ3v) is 2.46. The molecule has 6 heteroatoms. The number of nitrogen functional groups attached to an aromatic ring is 1. The fourth-order valence-corrected chi connectivity index (χ4v) is 1.52. The second-order valence-corrected chi connectivity index (χ2v) is 3.62. The van der Waals surface area contributed by atoms with E-state index in [1.807, 2.05) is 5.43 Å². The fraction of sp³-hybridized carbons (Fsp3) is 0.375. The Bertz CT molecular complexity index is 301. The van der Waals surface area contributed by atoms with E-state index in [1.165, 1.54) is 11.8 Å². The lowest BCUT2D eigenvalue weighted by Crippen LogP contribution is -2.29. The third kappa shape index (κ3) is 3.06. The number of aliphatic hydroxyl groups is 1. The van der Waals surface area contributed by atoms with Gasteiger partial charge < -0.3 is 9.52 Å². The van der Waals surface area contributed by atoms with Crippen molar-refractivity contribution in [1.82, 2.24) is 5.43 Å². The van der Waals surface area contributed by atoms with Crippen LogP contribution in [0, 0.1) is 0 Å². The average Bonchev–Trinajstić information content (AvgIpc) is 2.66. The smallest absolute Gasteiger partial charge is 0.300 e. The number of furan rings is 1. The summed E-state index contributed by atoms with van der Waals surface area (Å²) in [4.78, 5) is 11.0. The summed E-state index contributed by atoms with van der Waals surface area (Å²) in [6.07, 6.45) is 0. The summed E-state index contributed by atoms with van der Waals surface area (Å²) in [5.74, 6) is 6.68. The predicted octanol–water partition coefficient (Wildman–Crippen LogP) is 0.109. The third-order valence-electron chi connectivity index (χ3n) is 1.50.